The molecular formula is C20H24O3. The van der Waals surface area contributed by atoms with E-state index in [4.69, 9.17) is 4.74 Å². The molecule has 0 spiro atoms. The number of hydrogen-bond acceptors (Lipinski definition) is 3. The van der Waals surface area contributed by atoms with Crippen LogP contribution < -0.4 is 4.74 Å². The quantitative estimate of drug-likeness (QED) is 0.778. The molecule has 0 saturated carbocycles. The number of ether oxygens (including phenoxy) is 1. The number of benzene rings is 2. The van der Waals surface area contributed by atoms with Crippen molar-refractivity contribution < 1.29 is 14.6 Å². The summed E-state index contributed by atoms with van der Waals surface area (Å²) in [6, 6.07) is 13.3. The summed E-state index contributed by atoms with van der Waals surface area (Å²) in [7, 11) is 0. The second-order valence-corrected chi connectivity index (χ2v) is 5.91. The third-order valence-corrected chi connectivity index (χ3v) is 3.90. The summed E-state index contributed by atoms with van der Waals surface area (Å²) in [6.45, 7) is 6.57. The summed E-state index contributed by atoms with van der Waals surface area (Å²) in [6.07, 6.45) is 0.356. The number of hydrogen-bond donors (Lipinski definition) is 1. The molecule has 2 aromatic rings. The Morgan fingerprint density at radius 3 is 2.48 bits per heavy atom. The third kappa shape index (κ3) is 4.67. The van der Waals surface area contributed by atoms with Gasteiger partial charge in [-0.3, -0.25) is 4.79 Å². The van der Waals surface area contributed by atoms with Crippen LogP contribution in [-0.2, 0) is 6.61 Å². The fourth-order valence-electron chi connectivity index (χ4n) is 2.43. The van der Waals surface area contributed by atoms with E-state index in [1.165, 1.54) is 11.1 Å². The average molecular weight is 312 g/mol. The fraction of sp³-hybridized carbons (Fsp3) is 0.350. The summed E-state index contributed by atoms with van der Waals surface area (Å²) in [4.78, 5) is 12.0. The molecule has 0 aliphatic heterocycles. The predicted octanol–water partition coefficient (Wildman–Crippen LogP) is 4.23. The highest BCUT2D eigenvalue weighted by molar-refractivity contribution is 5.99. The van der Waals surface area contributed by atoms with Crippen LogP contribution in [0.5, 0.6) is 5.75 Å². The number of carbonyl (C=O) groups is 1. The molecule has 1 N–H and O–H groups in total. The standard InChI is InChI=1S/C20H24O3/c1-4-5-19(21)20(22)16-8-10-18(11-9-16)23-13-17-12-14(2)6-7-15(17)3/h6-12,19,21H,4-5,13H2,1-3H3. The van der Waals surface area contributed by atoms with E-state index < -0.39 is 6.10 Å². The van der Waals surface area contributed by atoms with Crippen LogP contribution in [0.2, 0.25) is 0 Å². The van der Waals surface area contributed by atoms with Gasteiger partial charge in [0.1, 0.15) is 18.5 Å². The molecule has 2 rings (SSSR count). The average Bonchev–Trinajstić information content (AvgIpc) is 2.55. The molecule has 0 bridgehead atoms. The maximum absolute atomic E-state index is 12.0. The molecule has 1 unspecified atom stereocenters. The maximum atomic E-state index is 12.0. The van der Waals surface area contributed by atoms with Crippen molar-refractivity contribution in [1.29, 1.82) is 0 Å². The monoisotopic (exact) mass is 312 g/mol. The summed E-state index contributed by atoms with van der Waals surface area (Å²) in [5.74, 6) is 0.486. The molecule has 0 saturated heterocycles. The van der Waals surface area contributed by atoms with Gasteiger partial charge >= 0.3 is 0 Å². The Balaban J connectivity index is 2.00. The van der Waals surface area contributed by atoms with Gasteiger partial charge in [-0.05, 0) is 55.7 Å². The van der Waals surface area contributed by atoms with Crippen molar-refractivity contribution in [2.75, 3.05) is 0 Å². The van der Waals surface area contributed by atoms with Gasteiger partial charge in [-0.25, -0.2) is 0 Å². The molecule has 23 heavy (non-hydrogen) atoms. The van der Waals surface area contributed by atoms with Crippen molar-refractivity contribution in [2.45, 2.75) is 46.3 Å². The Bertz CT molecular complexity index is 659. The molecule has 0 amide bonds. The largest absolute Gasteiger partial charge is 0.489 e. The SMILES string of the molecule is CCCC(O)C(=O)c1ccc(OCc2cc(C)ccc2C)cc1. The molecule has 1 atom stereocenters. The minimum absolute atomic E-state index is 0.229. The van der Waals surface area contributed by atoms with E-state index in [2.05, 4.69) is 32.0 Å². The molecular weight excluding hydrogens is 288 g/mol. The van der Waals surface area contributed by atoms with Gasteiger partial charge in [0.2, 0.25) is 0 Å². The Morgan fingerprint density at radius 2 is 1.83 bits per heavy atom. The van der Waals surface area contributed by atoms with Crippen LogP contribution >= 0.6 is 0 Å². The van der Waals surface area contributed by atoms with Crippen molar-refractivity contribution in [3.63, 3.8) is 0 Å². The molecule has 0 aliphatic rings. The Morgan fingerprint density at radius 1 is 1.13 bits per heavy atom. The van der Waals surface area contributed by atoms with Gasteiger partial charge in [0.05, 0.1) is 0 Å². The van der Waals surface area contributed by atoms with Gasteiger partial charge in [0, 0.05) is 5.56 Å². The third-order valence-electron chi connectivity index (χ3n) is 3.90. The van der Waals surface area contributed by atoms with E-state index in [-0.39, 0.29) is 5.78 Å². The maximum Gasteiger partial charge on any atom is 0.191 e. The van der Waals surface area contributed by atoms with Crippen LogP contribution in [0.15, 0.2) is 42.5 Å². The second-order valence-electron chi connectivity index (χ2n) is 5.91. The highest BCUT2D eigenvalue weighted by Crippen LogP contribution is 2.18. The van der Waals surface area contributed by atoms with Gasteiger partial charge < -0.3 is 9.84 Å². The van der Waals surface area contributed by atoms with Crippen molar-refractivity contribution >= 4 is 5.78 Å². The van der Waals surface area contributed by atoms with Crippen molar-refractivity contribution in [3.05, 3.63) is 64.7 Å². The van der Waals surface area contributed by atoms with E-state index in [0.717, 1.165) is 12.0 Å². The molecule has 0 radical (unpaired) electrons. The smallest absolute Gasteiger partial charge is 0.191 e. The first kappa shape index (κ1) is 17.2. The van der Waals surface area contributed by atoms with Gasteiger partial charge in [0.25, 0.3) is 0 Å². The highest BCUT2D eigenvalue weighted by atomic mass is 16.5. The van der Waals surface area contributed by atoms with Crippen LogP contribution in [0.3, 0.4) is 0 Å². The van der Waals surface area contributed by atoms with Gasteiger partial charge in [-0.1, -0.05) is 37.1 Å². The lowest BCUT2D eigenvalue weighted by molar-refractivity contribution is 0.0729. The van der Waals surface area contributed by atoms with Crippen molar-refractivity contribution in [2.24, 2.45) is 0 Å². The number of aryl methyl sites for hydroxylation is 2. The molecule has 0 aromatic heterocycles. The number of Topliss-reactive ketones (excluding diaryl/α,β-unsaturated/α-hetero) is 1. The van der Waals surface area contributed by atoms with Gasteiger partial charge in [0.15, 0.2) is 5.78 Å². The lowest BCUT2D eigenvalue weighted by atomic mass is 10.0. The number of ketones is 1. The molecule has 3 nitrogen and oxygen atoms in total. The summed E-state index contributed by atoms with van der Waals surface area (Å²) in [5, 5.41) is 9.77. The van der Waals surface area contributed by atoms with Crippen LogP contribution in [0.4, 0.5) is 0 Å². The van der Waals surface area contributed by atoms with E-state index >= 15 is 0 Å². The molecule has 0 fully saturated rings. The summed E-state index contributed by atoms with van der Waals surface area (Å²) in [5.41, 5.74) is 4.08. The number of aliphatic hydroxyl groups is 1. The fourth-order valence-corrected chi connectivity index (χ4v) is 2.43. The first-order valence-corrected chi connectivity index (χ1v) is 8.02. The van der Waals surface area contributed by atoms with Crippen molar-refractivity contribution in [3.8, 4) is 5.75 Å². The Kier molecular flexibility index (Phi) is 5.94. The topological polar surface area (TPSA) is 46.5 Å². The van der Waals surface area contributed by atoms with Gasteiger partial charge in [-0.2, -0.15) is 0 Å². The van der Waals surface area contributed by atoms with E-state index in [9.17, 15) is 9.90 Å². The van der Waals surface area contributed by atoms with Crippen molar-refractivity contribution in [1.82, 2.24) is 0 Å². The molecule has 0 heterocycles. The zero-order valence-electron chi connectivity index (χ0n) is 14.0. The van der Waals surface area contributed by atoms with E-state index in [1.54, 1.807) is 24.3 Å². The molecule has 0 aliphatic carbocycles. The van der Waals surface area contributed by atoms with Crippen LogP contribution in [0, 0.1) is 13.8 Å². The zero-order valence-corrected chi connectivity index (χ0v) is 14.0. The first-order valence-electron chi connectivity index (χ1n) is 8.02. The van der Waals surface area contributed by atoms with Crippen LogP contribution in [-0.4, -0.2) is 17.0 Å². The number of aliphatic hydroxyl groups excluding tert-OH is 1. The summed E-state index contributed by atoms with van der Waals surface area (Å²) >= 11 is 0. The predicted molar refractivity (Wildman–Crippen MR) is 91.9 cm³/mol. The Labute approximate surface area is 137 Å². The van der Waals surface area contributed by atoms with Crippen LogP contribution in [0.25, 0.3) is 0 Å². The lowest BCUT2D eigenvalue weighted by Gasteiger charge is -2.11. The number of rotatable bonds is 7. The zero-order chi connectivity index (χ0) is 16.8. The minimum Gasteiger partial charge on any atom is -0.489 e. The second kappa shape index (κ2) is 7.93. The van der Waals surface area contributed by atoms with E-state index in [0.29, 0.717) is 24.3 Å². The lowest BCUT2D eigenvalue weighted by Crippen LogP contribution is -2.19. The van der Waals surface area contributed by atoms with Gasteiger partial charge in [-0.15, -0.1) is 0 Å². The normalized spacial score (nSPS) is 12.0. The summed E-state index contributed by atoms with van der Waals surface area (Å²) < 4.78 is 5.80. The van der Waals surface area contributed by atoms with Crippen LogP contribution in [0.1, 0.15) is 46.8 Å². The Hall–Kier alpha value is -2.13. The minimum atomic E-state index is -0.915. The molecule has 122 valence electrons. The first-order chi connectivity index (χ1) is 11.0. The number of carbonyl (C=O) groups excluding carboxylic acids is 1. The van der Waals surface area contributed by atoms with E-state index in [1.807, 2.05) is 6.92 Å². The molecule has 2 aromatic carbocycles. The molecule has 3 heteroatoms. The highest BCUT2D eigenvalue weighted by Gasteiger charge is 2.15.